The Balaban J connectivity index is 2.18. The van der Waals surface area contributed by atoms with Gasteiger partial charge in [0.05, 0.1) is 6.61 Å². The van der Waals surface area contributed by atoms with Crippen LogP contribution < -0.4 is 5.32 Å². The predicted octanol–water partition coefficient (Wildman–Crippen LogP) is -1.12. The van der Waals surface area contributed by atoms with E-state index in [2.05, 4.69) is 10.1 Å². The molecule has 0 aromatic rings. The van der Waals surface area contributed by atoms with Crippen molar-refractivity contribution in [2.75, 3.05) is 13.2 Å². The zero-order valence-corrected chi connectivity index (χ0v) is 3.35. The topological polar surface area (TPSA) is 41.5 Å². The SMILES string of the molecule is OC1NCCO1. The molecular weight excluding hydrogens is 82.0 g/mol. The highest BCUT2D eigenvalue weighted by Crippen LogP contribution is 1.86. The minimum atomic E-state index is -0.704. The monoisotopic (exact) mass is 89.0 g/mol. The summed E-state index contributed by atoms with van der Waals surface area (Å²) < 4.78 is 4.60. The lowest BCUT2D eigenvalue weighted by molar-refractivity contribution is -0.0719. The summed E-state index contributed by atoms with van der Waals surface area (Å²) in [5, 5.41) is 11.0. The van der Waals surface area contributed by atoms with Gasteiger partial charge in [0.1, 0.15) is 0 Å². The van der Waals surface area contributed by atoms with Gasteiger partial charge in [0.2, 0.25) is 6.41 Å². The summed E-state index contributed by atoms with van der Waals surface area (Å²) in [5.41, 5.74) is 0. The fourth-order valence-corrected chi connectivity index (χ4v) is 0.412. The van der Waals surface area contributed by atoms with Crippen LogP contribution in [0.3, 0.4) is 0 Å². The van der Waals surface area contributed by atoms with Crippen molar-refractivity contribution in [2.24, 2.45) is 0 Å². The first-order chi connectivity index (χ1) is 2.89. The van der Waals surface area contributed by atoms with E-state index < -0.39 is 6.41 Å². The maximum atomic E-state index is 8.40. The molecule has 3 nitrogen and oxygen atoms in total. The molecule has 1 unspecified atom stereocenters. The second-order valence-electron chi connectivity index (χ2n) is 1.18. The average molecular weight is 89.1 g/mol. The molecule has 0 amide bonds. The highest BCUT2D eigenvalue weighted by Gasteiger charge is 2.07. The van der Waals surface area contributed by atoms with Crippen LogP contribution in [0.5, 0.6) is 0 Å². The quantitative estimate of drug-likeness (QED) is 0.395. The van der Waals surface area contributed by atoms with Crippen LogP contribution >= 0.6 is 0 Å². The zero-order valence-electron chi connectivity index (χ0n) is 3.35. The van der Waals surface area contributed by atoms with Crippen LogP contribution in [0.2, 0.25) is 0 Å². The van der Waals surface area contributed by atoms with Crippen LogP contribution in [0.4, 0.5) is 0 Å². The molecule has 0 bridgehead atoms. The third-order valence-electron chi connectivity index (χ3n) is 0.697. The van der Waals surface area contributed by atoms with Gasteiger partial charge >= 0.3 is 0 Å². The molecule has 3 heteroatoms. The second kappa shape index (κ2) is 1.55. The molecule has 1 aliphatic rings. The van der Waals surface area contributed by atoms with Crippen molar-refractivity contribution in [3.05, 3.63) is 0 Å². The molecule has 1 saturated heterocycles. The van der Waals surface area contributed by atoms with Crippen LogP contribution in [-0.2, 0) is 4.74 Å². The Morgan fingerprint density at radius 2 is 2.67 bits per heavy atom. The fourth-order valence-electron chi connectivity index (χ4n) is 0.412. The molecular formula is C3H7NO2. The van der Waals surface area contributed by atoms with Gasteiger partial charge < -0.3 is 9.84 Å². The summed E-state index contributed by atoms with van der Waals surface area (Å²) in [5.74, 6) is 0. The maximum Gasteiger partial charge on any atom is 0.213 e. The third-order valence-corrected chi connectivity index (χ3v) is 0.697. The molecule has 1 heterocycles. The third kappa shape index (κ3) is 0.680. The summed E-state index contributed by atoms with van der Waals surface area (Å²) in [4.78, 5) is 0. The van der Waals surface area contributed by atoms with E-state index in [0.29, 0.717) is 6.61 Å². The van der Waals surface area contributed by atoms with Gasteiger partial charge in [-0.05, 0) is 0 Å². The lowest BCUT2D eigenvalue weighted by atomic mass is 10.7. The standard InChI is InChI=1S/C3H7NO2/c5-3-4-1-2-6-3/h3-5H,1-2H2. The number of hydrogen-bond acceptors (Lipinski definition) is 3. The molecule has 1 aliphatic heterocycles. The molecule has 1 atom stereocenters. The van der Waals surface area contributed by atoms with E-state index in [1.807, 2.05) is 0 Å². The number of nitrogens with one attached hydrogen (secondary N) is 1. The smallest absolute Gasteiger partial charge is 0.213 e. The predicted molar refractivity (Wildman–Crippen MR) is 20.0 cm³/mol. The Kier molecular flexibility index (Phi) is 1.05. The number of aliphatic hydroxyl groups is 1. The Morgan fingerprint density at radius 1 is 1.83 bits per heavy atom. The summed E-state index contributed by atoms with van der Waals surface area (Å²) >= 11 is 0. The van der Waals surface area contributed by atoms with Gasteiger partial charge in [0.25, 0.3) is 0 Å². The van der Waals surface area contributed by atoms with Crippen molar-refractivity contribution in [1.29, 1.82) is 0 Å². The first-order valence-electron chi connectivity index (χ1n) is 1.92. The van der Waals surface area contributed by atoms with Crippen LogP contribution in [0.25, 0.3) is 0 Å². The Labute approximate surface area is 35.9 Å². The first kappa shape index (κ1) is 4.05. The second-order valence-corrected chi connectivity index (χ2v) is 1.18. The molecule has 0 radical (unpaired) electrons. The van der Waals surface area contributed by atoms with E-state index in [4.69, 9.17) is 5.11 Å². The Morgan fingerprint density at radius 3 is 2.83 bits per heavy atom. The van der Waals surface area contributed by atoms with Crippen molar-refractivity contribution < 1.29 is 9.84 Å². The van der Waals surface area contributed by atoms with Gasteiger partial charge in [-0.25, -0.2) is 0 Å². The summed E-state index contributed by atoms with van der Waals surface area (Å²) in [6, 6.07) is 0. The fraction of sp³-hybridized carbons (Fsp3) is 1.00. The van der Waals surface area contributed by atoms with E-state index in [-0.39, 0.29) is 0 Å². The van der Waals surface area contributed by atoms with E-state index in [1.54, 1.807) is 0 Å². The molecule has 0 saturated carbocycles. The Bertz CT molecular complexity index is 42.1. The highest BCUT2D eigenvalue weighted by atomic mass is 16.6. The molecule has 1 rings (SSSR count). The number of aliphatic hydroxyl groups excluding tert-OH is 1. The lowest BCUT2D eigenvalue weighted by Crippen LogP contribution is -2.20. The number of rotatable bonds is 0. The molecule has 0 aromatic heterocycles. The van der Waals surface area contributed by atoms with Gasteiger partial charge in [0.15, 0.2) is 0 Å². The molecule has 2 N–H and O–H groups in total. The van der Waals surface area contributed by atoms with Gasteiger partial charge in [-0.3, -0.25) is 5.32 Å². The number of hydrogen-bond donors (Lipinski definition) is 2. The van der Waals surface area contributed by atoms with Crippen LogP contribution in [-0.4, -0.2) is 24.7 Å². The summed E-state index contributed by atoms with van der Waals surface area (Å²) in [6.45, 7) is 1.39. The van der Waals surface area contributed by atoms with Crippen molar-refractivity contribution >= 4 is 0 Å². The van der Waals surface area contributed by atoms with Crippen molar-refractivity contribution in [1.82, 2.24) is 5.32 Å². The van der Waals surface area contributed by atoms with E-state index in [0.717, 1.165) is 6.54 Å². The van der Waals surface area contributed by atoms with Gasteiger partial charge in [-0.1, -0.05) is 0 Å². The maximum absolute atomic E-state index is 8.40. The molecule has 1 fully saturated rings. The van der Waals surface area contributed by atoms with Gasteiger partial charge in [-0.15, -0.1) is 0 Å². The van der Waals surface area contributed by atoms with E-state index in [9.17, 15) is 0 Å². The van der Waals surface area contributed by atoms with Gasteiger partial charge in [-0.2, -0.15) is 0 Å². The molecule has 36 valence electrons. The zero-order chi connectivity index (χ0) is 4.41. The van der Waals surface area contributed by atoms with Crippen LogP contribution in [0.15, 0.2) is 0 Å². The van der Waals surface area contributed by atoms with Crippen LogP contribution in [0.1, 0.15) is 0 Å². The average Bonchev–Trinajstić information content (AvgIpc) is 1.86. The lowest BCUT2D eigenvalue weighted by Gasteiger charge is -1.94. The first-order valence-corrected chi connectivity index (χ1v) is 1.92. The summed E-state index contributed by atoms with van der Waals surface area (Å²) in [6.07, 6.45) is -0.704. The highest BCUT2D eigenvalue weighted by molar-refractivity contribution is 4.48. The van der Waals surface area contributed by atoms with E-state index in [1.165, 1.54) is 0 Å². The summed E-state index contributed by atoms with van der Waals surface area (Å²) in [7, 11) is 0. The van der Waals surface area contributed by atoms with Crippen LogP contribution in [0, 0.1) is 0 Å². The number of ether oxygens (including phenoxy) is 1. The Hall–Kier alpha value is -0.120. The molecule has 0 aliphatic carbocycles. The van der Waals surface area contributed by atoms with Crippen molar-refractivity contribution in [3.63, 3.8) is 0 Å². The molecule has 0 spiro atoms. The molecule has 0 aromatic carbocycles. The largest absolute Gasteiger partial charge is 0.356 e. The van der Waals surface area contributed by atoms with Gasteiger partial charge in [0, 0.05) is 6.54 Å². The van der Waals surface area contributed by atoms with Crippen molar-refractivity contribution in [3.8, 4) is 0 Å². The minimum absolute atomic E-state index is 0.626. The molecule has 6 heavy (non-hydrogen) atoms. The van der Waals surface area contributed by atoms with E-state index >= 15 is 0 Å². The minimum Gasteiger partial charge on any atom is -0.356 e. The van der Waals surface area contributed by atoms with Crippen molar-refractivity contribution in [2.45, 2.75) is 6.41 Å². The normalized spacial score (nSPS) is 34.5.